The maximum atomic E-state index is 12.6. The Kier molecular flexibility index (Phi) is 4.36. The molecule has 1 aliphatic rings. The van der Waals surface area contributed by atoms with E-state index in [0.717, 1.165) is 5.56 Å². The van der Waals surface area contributed by atoms with Gasteiger partial charge in [0.05, 0.1) is 0 Å². The standard InChI is InChI=1S/C19H25NO/c1-19(2,3)16-11-12-17(20(4)5)15(16)13-18(21)14-9-7-6-8-10-14/h6-12,16H,13H2,1-5H3. The molecule has 21 heavy (non-hydrogen) atoms. The van der Waals surface area contributed by atoms with E-state index < -0.39 is 0 Å². The monoisotopic (exact) mass is 283 g/mol. The summed E-state index contributed by atoms with van der Waals surface area (Å²) in [6, 6.07) is 9.57. The molecule has 2 rings (SSSR count). The first-order chi connectivity index (χ1) is 9.80. The van der Waals surface area contributed by atoms with Crippen molar-refractivity contribution in [2.45, 2.75) is 27.2 Å². The average Bonchev–Trinajstić information content (AvgIpc) is 2.83. The number of carbonyl (C=O) groups excluding carboxylic acids is 1. The molecule has 0 aliphatic heterocycles. The number of hydrogen-bond acceptors (Lipinski definition) is 2. The van der Waals surface area contributed by atoms with Gasteiger partial charge in [-0.3, -0.25) is 4.79 Å². The Bertz CT molecular complexity index is 573. The van der Waals surface area contributed by atoms with Crippen molar-refractivity contribution in [2.75, 3.05) is 14.1 Å². The number of Topliss-reactive ketones (excluding diaryl/α,β-unsaturated/α-hetero) is 1. The van der Waals surface area contributed by atoms with Crippen LogP contribution in [-0.2, 0) is 0 Å². The molecule has 0 N–H and O–H groups in total. The third-order valence-electron chi connectivity index (χ3n) is 4.01. The fourth-order valence-electron chi connectivity index (χ4n) is 2.92. The van der Waals surface area contributed by atoms with Crippen LogP contribution in [0.25, 0.3) is 0 Å². The van der Waals surface area contributed by atoms with Gasteiger partial charge in [0.15, 0.2) is 5.78 Å². The van der Waals surface area contributed by atoms with Gasteiger partial charge in [0.1, 0.15) is 0 Å². The van der Waals surface area contributed by atoms with Crippen molar-refractivity contribution in [3.8, 4) is 0 Å². The zero-order chi connectivity index (χ0) is 15.6. The summed E-state index contributed by atoms with van der Waals surface area (Å²) in [5.41, 5.74) is 3.34. The summed E-state index contributed by atoms with van der Waals surface area (Å²) in [6.45, 7) is 6.69. The summed E-state index contributed by atoms with van der Waals surface area (Å²) in [5, 5.41) is 0. The Morgan fingerprint density at radius 2 is 1.76 bits per heavy atom. The predicted molar refractivity (Wildman–Crippen MR) is 88.2 cm³/mol. The van der Waals surface area contributed by atoms with E-state index in [9.17, 15) is 4.79 Å². The molecule has 1 aliphatic carbocycles. The van der Waals surface area contributed by atoms with Gasteiger partial charge in [-0.05, 0) is 17.1 Å². The summed E-state index contributed by atoms with van der Waals surface area (Å²) >= 11 is 0. The SMILES string of the molecule is CN(C)C1=C(CC(=O)c2ccccc2)C(C(C)(C)C)C=C1. The van der Waals surface area contributed by atoms with Crippen LogP contribution in [0.2, 0.25) is 0 Å². The summed E-state index contributed by atoms with van der Waals surface area (Å²) in [5.74, 6) is 0.519. The van der Waals surface area contributed by atoms with E-state index in [-0.39, 0.29) is 11.2 Å². The van der Waals surface area contributed by atoms with Crippen LogP contribution in [0.3, 0.4) is 0 Å². The second-order valence-electron chi connectivity index (χ2n) is 6.97. The number of rotatable bonds is 4. The van der Waals surface area contributed by atoms with Crippen LogP contribution in [0.1, 0.15) is 37.6 Å². The topological polar surface area (TPSA) is 20.3 Å². The first kappa shape index (κ1) is 15.6. The molecule has 0 bridgehead atoms. The van der Waals surface area contributed by atoms with Gasteiger partial charge in [-0.15, -0.1) is 0 Å². The predicted octanol–water partition coefficient (Wildman–Crippen LogP) is 4.31. The number of benzene rings is 1. The van der Waals surface area contributed by atoms with E-state index in [2.05, 4.69) is 37.8 Å². The first-order valence-electron chi connectivity index (χ1n) is 7.47. The Hall–Kier alpha value is -1.83. The van der Waals surface area contributed by atoms with Crippen molar-refractivity contribution in [3.05, 3.63) is 59.3 Å². The van der Waals surface area contributed by atoms with Crippen LogP contribution in [0.5, 0.6) is 0 Å². The molecule has 1 aromatic carbocycles. The molecule has 0 saturated carbocycles. The molecule has 112 valence electrons. The zero-order valence-electron chi connectivity index (χ0n) is 13.7. The van der Waals surface area contributed by atoms with Crippen molar-refractivity contribution in [2.24, 2.45) is 11.3 Å². The van der Waals surface area contributed by atoms with Crippen LogP contribution in [0.4, 0.5) is 0 Å². The summed E-state index contributed by atoms with van der Waals surface area (Å²) < 4.78 is 0. The van der Waals surface area contributed by atoms with Crippen molar-refractivity contribution >= 4 is 5.78 Å². The number of nitrogens with zero attached hydrogens (tertiary/aromatic N) is 1. The lowest BCUT2D eigenvalue weighted by molar-refractivity contribution is 0.0987. The summed E-state index contributed by atoms with van der Waals surface area (Å²) in [6.07, 6.45) is 4.89. The fraction of sp³-hybridized carbons (Fsp3) is 0.421. The molecule has 2 nitrogen and oxygen atoms in total. The van der Waals surface area contributed by atoms with Crippen LogP contribution in [0.15, 0.2) is 53.8 Å². The van der Waals surface area contributed by atoms with Crippen molar-refractivity contribution in [3.63, 3.8) is 0 Å². The number of ketones is 1. The third kappa shape index (κ3) is 3.44. The van der Waals surface area contributed by atoms with Gasteiger partial charge in [-0.25, -0.2) is 0 Å². The molecule has 1 atom stereocenters. The van der Waals surface area contributed by atoms with Crippen LogP contribution < -0.4 is 0 Å². The van der Waals surface area contributed by atoms with Crippen molar-refractivity contribution in [1.29, 1.82) is 0 Å². The fourth-order valence-corrected chi connectivity index (χ4v) is 2.92. The zero-order valence-corrected chi connectivity index (χ0v) is 13.7. The molecule has 0 amide bonds. The highest BCUT2D eigenvalue weighted by molar-refractivity contribution is 5.97. The Balaban J connectivity index is 2.30. The lowest BCUT2D eigenvalue weighted by atomic mass is 9.76. The van der Waals surface area contributed by atoms with E-state index in [1.807, 2.05) is 44.4 Å². The molecule has 0 aromatic heterocycles. The molecule has 0 spiro atoms. The van der Waals surface area contributed by atoms with Crippen LogP contribution in [-0.4, -0.2) is 24.8 Å². The number of allylic oxidation sites excluding steroid dienone is 3. The Morgan fingerprint density at radius 3 is 2.29 bits per heavy atom. The lowest BCUT2D eigenvalue weighted by Gasteiger charge is -2.29. The quantitative estimate of drug-likeness (QED) is 0.768. The van der Waals surface area contributed by atoms with Gasteiger partial charge in [0.25, 0.3) is 0 Å². The van der Waals surface area contributed by atoms with Gasteiger partial charge < -0.3 is 4.90 Å². The maximum absolute atomic E-state index is 12.6. The van der Waals surface area contributed by atoms with E-state index in [4.69, 9.17) is 0 Å². The van der Waals surface area contributed by atoms with Crippen molar-refractivity contribution in [1.82, 2.24) is 4.90 Å². The van der Waals surface area contributed by atoms with Crippen molar-refractivity contribution < 1.29 is 4.79 Å². The molecule has 0 heterocycles. The minimum Gasteiger partial charge on any atom is -0.378 e. The first-order valence-corrected chi connectivity index (χ1v) is 7.47. The highest BCUT2D eigenvalue weighted by atomic mass is 16.1. The largest absolute Gasteiger partial charge is 0.378 e. The van der Waals surface area contributed by atoms with E-state index in [0.29, 0.717) is 12.3 Å². The van der Waals surface area contributed by atoms with Crippen LogP contribution in [0, 0.1) is 11.3 Å². The number of hydrogen-bond donors (Lipinski definition) is 0. The smallest absolute Gasteiger partial charge is 0.167 e. The third-order valence-corrected chi connectivity index (χ3v) is 4.01. The Morgan fingerprint density at radius 1 is 1.14 bits per heavy atom. The molecule has 1 unspecified atom stereocenters. The maximum Gasteiger partial charge on any atom is 0.167 e. The Labute approximate surface area is 128 Å². The van der Waals surface area contributed by atoms with E-state index in [1.54, 1.807) is 0 Å². The van der Waals surface area contributed by atoms with Gasteiger partial charge >= 0.3 is 0 Å². The van der Waals surface area contributed by atoms with Gasteiger partial charge in [-0.1, -0.05) is 57.2 Å². The van der Waals surface area contributed by atoms with E-state index in [1.165, 1.54) is 11.3 Å². The molecular weight excluding hydrogens is 258 g/mol. The molecule has 0 fully saturated rings. The highest BCUT2D eigenvalue weighted by Gasteiger charge is 2.32. The van der Waals surface area contributed by atoms with Gasteiger partial charge in [0.2, 0.25) is 0 Å². The highest BCUT2D eigenvalue weighted by Crippen LogP contribution is 2.41. The number of carbonyl (C=O) groups is 1. The average molecular weight is 283 g/mol. The second kappa shape index (κ2) is 5.88. The minimum atomic E-state index is 0.126. The minimum absolute atomic E-state index is 0.126. The molecule has 0 saturated heterocycles. The normalized spacial score (nSPS) is 18.2. The summed E-state index contributed by atoms with van der Waals surface area (Å²) in [4.78, 5) is 14.7. The lowest BCUT2D eigenvalue weighted by Crippen LogP contribution is -2.22. The van der Waals surface area contributed by atoms with E-state index >= 15 is 0 Å². The molecular formula is C19H25NO. The van der Waals surface area contributed by atoms with Crippen LogP contribution >= 0.6 is 0 Å². The molecule has 0 radical (unpaired) electrons. The second-order valence-corrected chi connectivity index (χ2v) is 6.97. The summed E-state index contributed by atoms with van der Waals surface area (Å²) in [7, 11) is 4.08. The van der Waals surface area contributed by atoms with Gasteiger partial charge in [0, 0.05) is 37.7 Å². The van der Waals surface area contributed by atoms with Gasteiger partial charge in [-0.2, -0.15) is 0 Å². The number of likely N-dealkylation sites (N-methyl/N-ethyl adjacent to an activating group) is 1. The molecule has 1 aromatic rings. The molecule has 2 heteroatoms.